The molecule has 1 aliphatic carbocycles. The number of allylic oxidation sites excluding steroid dienone is 4. The summed E-state index contributed by atoms with van der Waals surface area (Å²) < 4.78 is 11.0. The number of nitrogens with one attached hydrogen (secondary N) is 3. The van der Waals surface area contributed by atoms with Gasteiger partial charge in [0.2, 0.25) is 11.8 Å². The fourth-order valence-corrected chi connectivity index (χ4v) is 3.49. The Labute approximate surface area is 183 Å². The van der Waals surface area contributed by atoms with Gasteiger partial charge in [-0.2, -0.15) is 13.5 Å². The zero-order valence-electron chi connectivity index (χ0n) is 16.9. The van der Waals surface area contributed by atoms with Crippen LogP contribution in [0.4, 0.5) is 0 Å². The van der Waals surface area contributed by atoms with E-state index in [0.717, 1.165) is 49.4 Å². The number of aliphatic imine (C=N–C) groups is 1. The third-order valence-corrected chi connectivity index (χ3v) is 4.95. The molecule has 0 atom stereocenters. The Balaban J connectivity index is 0.00000300. The van der Waals surface area contributed by atoms with Gasteiger partial charge in [0.15, 0.2) is 0 Å². The molecular formula is C20H30N6OS2. The van der Waals surface area contributed by atoms with Crippen molar-refractivity contribution in [2.45, 2.75) is 32.6 Å². The second kappa shape index (κ2) is 12.3. The topological polar surface area (TPSA) is 79.3 Å². The van der Waals surface area contributed by atoms with Crippen molar-refractivity contribution in [2.24, 2.45) is 4.99 Å². The maximum absolute atomic E-state index is 5.95. The van der Waals surface area contributed by atoms with Crippen molar-refractivity contribution in [2.75, 3.05) is 20.2 Å². The number of aromatic nitrogens is 3. The fraction of sp³-hybridized carbons (Fsp3) is 0.400. The zero-order valence-corrected chi connectivity index (χ0v) is 18.8. The van der Waals surface area contributed by atoms with Gasteiger partial charge in [-0.15, -0.1) is 0 Å². The van der Waals surface area contributed by atoms with Crippen molar-refractivity contribution in [3.63, 3.8) is 0 Å². The summed E-state index contributed by atoms with van der Waals surface area (Å²) in [5, 5.41) is 6.42. The van der Waals surface area contributed by atoms with Crippen LogP contribution >= 0.6 is 25.6 Å². The molecule has 0 bridgehead atoms. The molecule has 1 aliphatic rings. The second-order valence-corrected chi connectivity index (χ2v) is 7.12. The van der Waals surface area contributed by atoms with Gasteiger partial charge in [0.1, 0.15) is 0 Å². The van der Waals surface area contributed by atoms with Crippen LogP contribution in [0, 0.1) is 0 Å². The van der Waals surface area contributed by atoms with Crippen molar-refractivity contribution >= 4 is 31.6 Å². The van der Waals surface area contributed by atoms with Crippen LogP contribution in [0.15, 0.2) is 53.3 Å². The average Bonchev–Trinajstić information content (AvgIpc) is 2.71. The van der Waals surface area contributed by atoms with Crippen molar-refractivity contribution in [3.8, 4) is 17.1 Å². The number of rotatable bonds is 9. The molecular weight excluding hydrogens is 404 g/mol. The molecule has 158 valence electrons. The summed E-state index contributed by atoms with van der Waals surface area (Å²) in [6, 6.07) is 3.93. The highest BCUT2D eigenvalue weighted by atomic mass is 32.2. The Hall–Kier alpha value is -2.26. The van der Waals surface area contributed by atoms with Gasteiger partial charge in [-0.25, -0.2) is 9.07 Å². The molecule has 0 amide bonds. The van der Waals surface area contributed by atoms with Gasteiger partial charge in [0.05, 0.1) is 36.2 Å². The lowest BCUT2D eigenvalue weighted by atomic mass is 10.0. The number of aromatic amines is 1. The van der Waals surface area contributed by atoms with E-state index in [1.54, 1.807) is 13.2 Å². The third kappa shape index (κ3) is 6.93. The maximum atomic E-state index is 5.95. The van der Waals surface area contributed by atoms with Crippen molar-refractivity contribution < 1.29 is 4.74 Å². The van der Waals surface area contributed by atoms with E-state index in [0.29, 0.717) is 12.5 Å². The molecule has 9 heteroatoms. The maximum Gasteiger partial charge on any atom is 0.222 e. The van der Waals surface area contributed by atoms with Gasteiger partial charge < -0.3 is 10.1 Å². The van der Waals surface area contributed by atoms with E-state index in [1.807, 2.05) is 29.3 Å². The molecule has 2 aromatic heterocycles. The first-order chi connectivity index (χ1) is 13.8. The molecule has 0 aromatic carbocycles. The Morgan fingerprint density at radius 1 is 1.41 bits per heavy atom. The molecule has 2 aromatic rings. The molecule has 29 heavy (non-hydrogen) atoms. The first kappa shape index (κ1) is 23.0. The molecule has 7 nitrogen and oxygen atoms in total. The minimum atomic E-state index is 0. The third-order valence-electron chi connectivity index (χ3n) is 4.27. The van der Waals surface area contributed by atoms with Crippen molar-refractivity contribution in [1.29, 1.82) is 0 Å². The number of hydrogen-bond acceptors (Lipinski definition) is 4. The predicted octanol–water partition coefficient (Wildman–Crippen LogP) is 4.02. The van der Waals surface area contributed by atoms with Crippen molar-refractivity contribution in [3.05, 3.63) is 48.3 Å². The first-order valence-corrected chi connectivity index (χ1v) is 10.4. The Morgan fingerprint density at radius 3 is 3.00 bits per heavy atom. The number of guanidine groups is 1. The van der Waals surface area contributed by atoms with Gasteiger partial charge in [-0.1, -0.05) is 23.8 Å². The fourth-order valence-electron chi connectivity index (χ4n) is 2.84. The summed E-state index contributed by atoms with van der Waals surface area (Å²) in [5.74, 6) is 1.40. The van der Waals surface area contributed by atoms with Crippen LogP contribution in [0.1, 0.15) is 32.6 Å². The van der Waals surface area contributed by atoms with E-state index in [1.165, 1.54) is 17.7 Å². The quantitative estimate of drug-likeness (QED) is 0.240. The highest BCUT2D eigenvalue weighted by Crippen LogP contribution is 2.28. The van der Waals surface area contributed by atoms with Crippen LogP contribution in [0.25, 0.3) is 11.3 Å². The van der Waals surface area contributed by atoms with E-state index in [-0.39, 0.29) is 13.5 Å². The van der Waals surface area contributed by atoms with E-state index in [2.05, 4.69) is 43.3 Å². The zero-order chi connectivity index (χ0) is 19.6. The number of hydrogen-bond donors (Lipinski definition) is 3. The Bertz CT molecular complexity index is 828. The summed E-state index contributed by atoms with van der Waals surface area (Å²) in [4.78, 5) is 8.54. The molecule has 0 fully saturated rings. The van der Waals surface area contributed by atoms with Gasteiger partial charge in [-0.3, -0.25) is 14.8 Å². The molecule has 0 unspecified atom stereocenters. The van der Waals surface area contributed by atoms with Crippen LogP contribution in [-0.4, -0.2) is 40.3 Å². The highest BCUT2D eigenvalue weighted by Gasteiger charge is 2.12. The summed E-state index contributed by atoms with van der Waals surface area (Å²) in [5.41, 5.74) is 3.35. The highest BCUT2D eigenvalue weighted by molar-refractivity contribution is 7.96. The predicted molar refractivity (Wildman–Crippen MR) is 127 cm³/mol. The number of pyridine rings is 1. The van der Waals surface area contributed by atoms with E-state index in [9.17, 15) is 0 Å². The minimum Gasteiger partial charge on any atom is -0.477 e. The summed E-state index contributed by atoms with van der Waals surface area (Å²) in [6.07, 6.45) is 14.9. The molecule has 0 saturated carbocycles. The SMILES string of the molecule is CCNC(=NC)NSn1cc(-c2cccnc2OCCCC2=CCCC=C2)[nH]1.S. The summed E-state index contributed by atoms with van der Waals surface area (Å²) >= 11 is 1.41. The summed E-state index contributed by atoms with van der Waals surface area (Å²) in [7, 11) is 1.75. The number of H-pyrrole nitrogens is 1. The van der Waals surface area contributed by atoms with Crippen molar-refractivity contribution in [1.82, 2.24) is 24.2 Å². The number of ether oxygens (including phenoxy) is 1. The summed E-state index contributed by atoms with van der Waals surface area (Å²) in [6.45, 7) is 3.50. The van der Waals surface area contributed by atoms with Gasteiger partial charge >= 0.3 is 0 Å². The normalized spacial score (nSPS) is 13.6. The van der Waals surface area contributed by atoms with E-state index >= 15 is 0 Å². The number of nitrogens with zero attached hydrogens (tertiary/aromatic N) is 3. The van der Waals surface area contributed by atoms with E-state index in [4.69, 9.17) is 4.74 Å². The van der Waals surface area contributed by atoms with Gasteiger partial charge in [0.25, 0.3) is 0 Å². The van der Waals surface area contributed by atoms with Gasteiger partial charge in [0, 0.05) is 19.8 Å². The smallest absolute Gasteiger partial charge is 0.222 e. The lowest BCUT2D eigenvalue weighted by Crippen LogP contribution is -2.34. The Morgan fingerprint density at radius 2 is 2.28 bits per heavy atom. The average molecular weight is 435 g/mol. The van der Waals surface area contributed by atoms with Crippen LogP contribution in [-0.2, 0) is 0 Å². The monoisotopic (exact) mass is 434 g/mol. The minimum absolute atomic E-state index is 0. The molecule has 0 radical (unpaired) electrons. The van der Waals surface area contributed by atoms with Crippen LogP contribution in [0.3, 0.4) is 0 Å². The molecule has 3 N–H and O–H groups in total. The first-order valence-electron chi connectivity index (χ1n) is 9.65. The van der Waals surface area contributed by atoms with Crippen LogP contribution in [0.5, 0.6) is 5.88 Å². The van der Waals surface area contributed by atoms with E-state index < -0.39 is 0 Å². The van der Waals surface area contributed by atoms with Gasteiger partial charge in [-0.05, 0) is 44.7 Å². The molecule has 2 heterocycles. The molecule has 0 aliphatic heterocycles. The lowest BCUT2D eigenvalue weighted by molar-refractivity contribution is 0.300. The molecule has 0 spiro atoms. The van der Waals surface area contributed by atoms with Crippen LogP contribution in [0.2, 0.25) is 0 Å². The lowest BCUT2D eigenvalue weighted by Gasteiger charge is -2.17. The Kier molecular flexibility index (Phi) is 9.79. The second-order valence-electron chi connectivity index (χ2n) is 6.34. The molecule has 3 rings (SSSR count). The van der Waals surface area contributed by atoms with Crippen LogP contribution < -0.4 is 14.8 Å². The molecule has 0 saturated heterocycles. The largest absolute Gasteiger partial charge is 0.477 e. The standard InChI is InChI=1S/C20H28N6OS.H2S/c1-3-22-20(21-2)25-28-26-15-18(24-26)17-12-7-13-23-19(17)27-14-8-11-16-9-5-4-6-10-16;/h5,7,9-10,12-13,15,24H,3-4,6,8,11,14H2,1-2H3,(H2,21,22,25);1H2.